The van der Waals surface area contributed by atoms with E-state index in [2.05, 4.69) is 27.7 Å². The minimum absolute atomic E-state index is 0.209. The van der Waals surface area contributed by atoms with E-state index in [9.17, 15) is 9.50 Å². The first kappa shape index (κ1) is 16.0. The van der Waals surface area contributed by atoms with Gasteiger partial charge in [-0.05, 0) is 42.4 Å². The van der Waals surface area contributed by atoms with Crippen LogP contribution in [-0.2, 0) is 5.60 Å². The van der Waals surface area contributed by atoms with Crippen LogP contribution in [0.1, 0.15) is 46.1 Å². The topological polar surface area (TPSA) is 29.5 Å². The minimum Gasteiger partial charge on any atom is -0.494 e. The Morgan fingerprint density at radius 3 is 2.05 bits per heavy atom. The lowest BCUT2D eigenvalue weighted by atomic mass is 9.80. The van der Waals surface area contributed by atoms with E-state index in [0.29, 0.717) is 30.2 Å². The number of hydrogen-bond donors (Lipinski definition) is 1. The van der Waals surface area contributed by atoms with Crippen molar-refractivity contribution in [1.29, 1.82) is 0 Å². The van der Waals surface area contributed by atoms with Crippen LogP contribution in [0.2, 0.25) is 0 Å². The fraction of sp³-hybridized carbons (Fsp3) is 0.625. The third kappa shape index (κ3) is 4.20. The highest BCUT2D eigenvalue weighted by molar-refractivity contribution is 5.32. The molecule has 1 aromatic carbocycles. The lowest BCUT2D eigenvalue weighted by Gasteiger charge is -2.32. The molecule has 0 amide bonds. The highest BCUT2D eigenvalue weighted by Crippen LogP contribution is 2.36. The molecule has 0 aromatic heterocycles. The molecule has 0 atom stereocenters. The lowest BCUT2D eigenvalue weighted by molar-refractivity contribution is -0.00480. The van der Waals surface area contributed by atoms with E-state index < -0.39 is 11.4 Å². The van der Waals surface area contributed by atoms with Gasteiger partial charge in [-0.2, -0.15) is 0 Å². The molecule has 0 fully saturated rings. The van der Waals surface area contributed by atoms with Gasteiger partial charge < -0.3 is 9.84 Å². The summed E-state index contributed by atoms with van der Waals surface area (Å²) in [7, 11) is 1.44. The van der Waals surface area contributed by atoms with Crippen molar-refractivity contribution >= 4 is 0 Å². The Labute approximate surface area is 115 Å². The molecule has 2 nitrogen and oxygen atoms in total. The first-order valence-corrected chi connectivity index (χ1v) is 6.85. The van der Waals surface area contributed by atoms with E-state index in [1.54, 1.807) is 12.1 Å². The monoisotopic (exact) mass is 268 g/mol. The summed E-state index contributed by atoms with van der Waals surface area (Å²) in [6, 6.07) is 4.73. The average Bonchev–Trinajstić information content (AvgIpc) is 2.26. The zero-order chi connectivity index (χ0) is 14.6. The molecule has 1 N–H and O–H groups in total. The molecule has 0 unspecified atom stereocenters. The van der Waals surface area contributed by atoms with E-state index >= 15 is 0 Å². The molecule has 0 spiro atoms. The second-order valence-corrected chi connectivity index (χ2v) is 6.08. The van der Waals surface area contributed by atoms with Crippen LogP contribution in [-0.4, -0.2) is 12.2 Å². The Kier molecular flexibility index (Phi) is 5.36. The Morgan fingerprint density at radius 1 is 1.16 bits per heavy atom. The predicted octanol–water partition coefficient (Wildman–Crippen LogP) is 4.11. The van der Waals surface area contributed by atoms with Crippen LogP contribution >= 0.6 is 0 Å². The van der Waals surface area contributed by atoms with Gasteiger partial charge in [0.05, 0.1) is 12.7 Å². The average molecular weight is 268 g/mol. The van der Waals surface area contributed by atoms with Crippen molar-refractivity contribution in [1.82, 2.24) is 0 Å². The molecular formula is C16H25FO2. The second-order valence-electron chi connectivity index (χ2n) is 6.08. The first-order valence-electron chi connectivity index (χ1n) is 6.85. The molecule has 0 saturated carbocycles. The summed E-state index contributed by atoms with van der Waals surface area (Å²) >= 11 is 0. The SMILES string of the molecule is COc1ccc(C(O)(CC(C)C)CC(C)C)cc1F. The van der Waals surface area contributed by atoms with E-state index in [-0.39, 0.29) is 5.75 Å². The molecule has 1 aromatic rings. The predicted molar refractivity (Wildman–Crippen MR) is 75.8 cm³/mol. The third-order valence-corrected chi connectivity index (χ3v) is 3.18. The normalized spacial score (nSPS) is 12.3. The van der Waals surface area contributed by atoms with Crippen molar-refractivity contribution in [2.75, 3.05) is 7.11 Å². The molecule has 0 aliphatic rings. The van der Waals surface area contributed by atoms with Gasteiger partial charge in [0, 0.05) is 0 Å². The van der Waals surface area contributed by atoms with Crippen LogP contribution < -0.4 is 4.74 Å². The van der Waals surface area contributed by atoms with Crippen LogP contribution in [0.25, 0.3) is 0 Å². The number of halogens is 1. The summed E-state index contributed by atoms with van der Waals surface area (Å²) in [4.78, 5) is 0. The Bertz CT molecular complexity index is 403. The smallest absolute Gasteiger partial charge is 0.165 e. The second kappa shape index (κ2) is 6.38. The summed E-state index contributed by atoms with van der Waals surface area (Å²) in [5.74, 6) is 0.467. The van der Waals surface area contributed by atoms with E-state index in [0.717, 1.165) is 0 Å². The molecule has 0 aliphatic heterocycles. The van der Waals surface area contributed by atoms with Gasteiger partial charge >= 0.3 is 0 Å². The molecule has 3 heteroatoms. The van der Waals surface area contributed by atoms with Crippen molar-refractivity contribution < 1.29 is 14.2 Å². The number of rotatable bonds is 6. The maximum absolute atomic E-state index is 13.8. The summed E-state index contributed by atoms with van der Waals surface area (Å²) in [5.41, 5.74) is -0.344. The molecule has 108 valence electrons. The van der Waals surface area contributed by atoms with Crippen LogP contribution in [0, 0.1) is 17.7 Å². The van der Waals surface area contributed by atoms with Gasteiger partial charge in [0.25, 0.3) is 0 Å². The van der Waals surface area contributed by atoms with Gasteiger partial charge in [-0.25, -0.2) is 4.39 Å². The fourth-order valence-corrected chi connectivity index (χ4v) is 2.63. The highest BCUT2D eigenvalue weighted by Gasteiger charge is 2.31. The van der Waals surface area contributed by atoms with E-state index in [1.165, 1.54) is 13.2 Å². The standard InChI is InChI=1S/C16H25FO2/c1-11(2)9-16(18,10-12(3)4)13-6-7-15(19-5)14(17)8-13/h6-8,11-12,18H,9-10H2,1-5H3. The quantitative estimate of drug-likeness (QED) is 0.841. The molecule has 0 saturated heterocycles. The maximum atomic E-state index is 13.8. The lowest BCUT2D eigenvalue weighted by Crippen LogP contribution is -2.29. The molecule has 0 heterocycles. The Balaban J connectivity index is 3.13. The third-order valence-electron chi connectivity index (χ3n) is 3.18. The Morgan fingerprint density at radius 2 is 1.68 bits per heavy atom. The summed E-state index contributed by atoms with van der Waals surface area (Å²) in [6.07, 6.45) is 1.24. The van der Waals surface area contributed by atoms with Gasteiger partial charge in [-0.15, -0.1) is 0 Å². The van der Waals surface area contributed by atoms with Crippen LogP contribution in [0.4, 0.5) is 4.39 Å². The zero-order valence-electron chi connectivity index (χ0n) is 12.5. The van der Waals surface area contributed by atoms with Gasteiger partial charge in [0.15, 0.2) is 11.6 Å². The molecule has 0 bridgehead atoms. The fourth-order valence-electron chi connectivity index (χ4n) is 2.63. The van der Waals surface area contributed by atoms with Gasteiger partial charge in [0.1, 0.15) is 0 Å². The summed E-state index contributed by atoms with van der Waals surface area (Å²) in [5, 5.41) is 10.9. The number of aliphatic hydroxyl groups is 1. The molecule has 1 rings (SSSR count). The zero-order valence-corrected chi connectivity index (χ0v) is 12.5. The first-order chi connectivity index (χ1) is 8.78. The molecule has 0 aliphatic carbocycles. The summed E-state index contributed by atoms with van der Waals surface area (Å²) in [6.45, 7) is 8.24. The van der Waals surface area contributed by atoms with E-state index in [1.807, 2.05) is 0 Å². The van der Waals surface area contributed by atoms with E-state index in [4.69, 9.17) is 4.74 Å². The highest BCUT2D eigenvalue weighted by atomic mass is 19.1. The van der Waals surface area contributed by atoms with Crippen molar-refractivity contribution in [3.8, 4) is 5.75 Å². The molecular weight excluding hydrogens is 243 g/mol. The molecule has 19 heavy (non-hydrogen) atoms. The van der Waals surface area contributed by atoms with Crippen LogP contribution in [0.5, 0.6) is 5.75 Å². The minimum atomic E-state index is -0.977. The largest absolute Gasteiger partial charge is 0.494 e. The van der Waals surface area contributed by atoms with Crippen molar-refractivity contribution in [2.24, 2.45) is 11.8 Å². The maximum Gasteiger partial charge on any atom is 0.165 e. The Hall–Kier alpha value is -1.09. The van der Waals surface area contributed by atoms with Crippen LogP contribution in [0.15, 0.2) is 18.2 Å². The van der Waals surface area contributed by atoms with Crippen molar-refractivity contribution in [3.05, 3.63) is 29.6 Å². The number of benzene rings is 1. The number of ether oxygens (including phenoxy) is 1. The summed E-state index contributed by atoms with van der Waals surface area (Å²) < 4.78 is 18.7. The van der Waals surface area contributed by atoms with Crippen molar-refractivity contribution in [2.45, 2.75) is 46.1 Å². The van der Waals surface area contributed by atoms with Gasteiger partial charge in [-0.3, -0.25) is 0 Å². The van der Waals surface area contributed by atoms with Crippen molar-refractivity contribution in [3.63, 3.8) is 0 Å². The van der Waals surface area contributed by atoms with Crippen LogP contribution in [0.3, 0.4) is 0 Å². The van der Waals surface area contributed by atoms with Gasteiger partial charge in [0.2, 0.25) is 0 Å². The molecule has 0 radical (unpaired) electrons. The van der Waals surface area contributed by atoms with Gasteiger partial charge in [-0.1, -0.05) is 33.8 Å². The number of hydrogen-bond acceptors (Lipinski definition) is 2. The number of methoxy groups -OCH3 is 1.